The number of piperidine rings is 1. The second-order valence-corrected chi connectivity index (χ2v) is 12.3. The second kappa shape index (κ2) is 9.43. The minimum absolute atomic E-state index is 0.0283. The zero-order chi connectivity index (χ0) is 23.1. The molecule has 2 saturated heterocycles. The zero-order valence-corrected chi connectivity index (χ0v) is 21.8. The number of carbonyl (C=O) groups excluding carboxylic acids is 1. The van der Waals surface area contributed by atoms with E-state index in [1.54, 1.807) is 0 Å². The van der Waals surface area contributed by atoms with E-state index in [-0.39, 0.29) is 11.3 Å². The Balaban J connectivity index is 1.29. The maximum absolute atomic E-state index is 14.4. The minimum Gasteiger partial charge on any atom is -0.345 e. The second-order valence-electron chi connectivity index (χ2n) is 11.4. The van der Waals surface area contributed by atoms with Crippen LogP contribution in [-0.4, -0.2) is 36.5 Å². The van der Waals surface area contributed by atoms with Crippen LogP contribution in [0, 0.1) is 11.8 Å². The number of likely N-dealkylation sites (tertiary alicyclic amines) is 1. The molecule has 34 heavy (non-hydrogen) atoms. The van der Waals surface area contributed by atoms with E-state index in [0.717, 1.165) is 49.8 Å². The topological polar surface area (TPSA) is 36.9 Å². The molecule has 2 aromatic carbocycles. The van der Waals surface area contributed by atoms with Gasteiger partial charge in [-0.2, -0.15) is 0 Å². The smallest absolute Gasteiger partial charge is 0.232 e. The number of rotatable bonds is 3. The highest BCUT2D eigenvalue weighted by atomic mass is 79.9. The van der Waals surface area contributed by atoms with Crippen LogP contribution in [0.2, 0.25) is 0 Å². The van der Waals surface area contributed by atoms with Gasteiger partial charge in [-0.15, -0.1) is 0 Å². The maximum atomic E-state index is 14.4. The molecule has 2 N–H and O–H groups in total. The summed E-state index contributed by atoms with van der Waals surface area (Å²) in [5, 5.41) is 2.42. The summed E-state index contributed by atoms with van der Waals surface area (Å²) in [6.07, 6.45) is 11.1. The Morgan fingerprint density at radius 1 is 1.03 bits per heavy atom. The number of amides is 1. The standard InChI is InChI=1S/C30H37BrN2O/c31-25-11-12-26-24(17-25)13-15-30(26)20-32-19-27(30)29(34)33-16-14-23(21-7-3-1-4-8-21)18-28(33)22-9-5-2-6-10-22/h1,3-4,7-8,11-12,17,22-23,27-28,32H,2,5-6,9-10,13-16,18-20H2/p+1/t23-,27+,28+,30?/m1/s1. The summed E-state index contributed by atoms with van der Waals surface area (Å²) in [6.45, 7) is 2.94. The number of nitrogens with zero attached hydrogens (tertiary/aromatic N) is 1. The van der Waals surface area contributed by atoms with E-state index in [9.17, 15) is 4.79 Å². The van der Waals surface area contributed by atoms with Gasteiger partial charge in [0, 0.05) is 17.1 Å². The van der Waals surface area contributed by atoms with Crippen LogP contribution in [0.15, 0.2) is 53.0 Å². The molecule has 3 fully saturated rings. The third-order valence-corrected chi connectivity index (χ3v) is 10.2. The summed E-state index contributed by atoms with van der Waals surface area (Å²) in [4.78, 5) is 16.8. The number of benzene rings is 2. The van der Waals surface area contributed by atoms with Gasteiger partial charge in [-0.05, 0) is 79.2 Å². The molecule has 0 bridgehead atoms. The van der Waals surface area contributed by atoms with Crippen LogP contribution in [0.4, 0.5) is 0 Å². The monoisotopic (exact) mass is 521 g/mol. The number of fused-ring (bicyclic) bond motifs is 2. The molecule has 6 rings (SSSR count). The number of carbonyl (C=O) groups is 1. The lowest BCUT2D eigenvalue weighted by atomic mass is 9.71. The SMILES string of the molecule is O=C([C@@H]1C[NH2+]CC12CCc1cc(Br)ccc12)N1CC[C@@H](c2ccccc2)C[C@H]1C1CCCCC1. The Bertz CT molecular complexity index is 1030. The van der Waals surface area contributed by atoms with Gasteiger partial charge in [-0.3, -0.25) is 4.79 Å². The van der Waals surface area contributed by atoms with Crippen molar-refractivity contribution in [1.29, 1.82) is 0 Å². The molecule has 4 aliphatic rings. The highest BCUT2D eigenvalue weighted by Crippen LogP contribution is 2.47. The van der Waals surface area contributed by atoms with Crippen molar-refractivity contribution < 1.29 is 10.1 Å². The van der Waals surface area contributed by atoms with Gasteiger partial charge in [0.1, 0.15) is 5.92 Å². The molecule has 0 aromatic heterocycles. The van der Waals surface area contributed by atoms with Gasteiger partial charge >= 0.3 is 0 Å². The number of hydrogen-bond donors (Lipinski definition) is 1. The summed E-state index contributed by atoms with van der Waals surface area (Å²) in [7, 11) is 0. The summed E-state index contributed by atoms with van der Waals surface area (Å²) >= 11 is 3.66. The molecule has 2 heterocycles. The van der Waals surface area contributed by atoms with E-state index in [1.807, 2.05) is 0 Å². The minimum atomic E-state index is 0.0283. The molecular formula is C30H38BrN2O+. The average Bonchev–Trinajstić information content (AvgIpc) is 3.48. The molecule has 1 unspecified atom stereocenters. The van der Waals surface area contributed by atoms with Gasteiger partial charge in [0.25, 0.3) is 0 Å². The van der Waals surface area contributed by atoms with Crippen LogP contribution in [0.3, 0.4) is 0 Å². The van der Waals surface area contributed by atoms with Crippen molar-refractivity contribution in [3.05, 3.63) is 69.7 Å². The fourth-order valence-corrected chi connectivity index (χ4v) is 8.41. The third-order valence-electron chi connectivity index (χ3n) is 9.71. The number of halogens is 1. The molecule has 0 radical (unpaired) electrons. The van der Waals surface area contributed by atoms with Gasteiger partial charge in [0.2, 0.25) is 5.91 Å². The van der Waals surface area contributed by atoms with Crippen LogP contribution in [-0.2, 0) is 16.6 Å². The van der Waals surface area contributed by atoms with Gasteiger partial charge in [0.05, 0.1) is 18.5 Å². The molecule has 4 atom stereocenters. The number of hydrogen-bond acceptors (Lipinski definition) is 1. The highest BCUT2D eigenvalue weighted by molar-refractivity contribution is 9.10. The number of quaternary nitrogens is 1. The molecule has 3 nitrogen and oxygen atoms in total. The Morgan fingerprint density at radius 3 is 2.68 bits per heavy atom. The fraction of sp³-hybridized carbons (Fsp3) is 0.567. The average molecular weight is 523 g/mol. The third kappa shape index (κ3) is 3.95. The van der Waals surface area contributed by atoms with Gasteiger partial charge < -0.3 is 10.2 Å². The van der Waals surface area contributed by atoms with E-state index < -0.39 is 0 Å². The lowest BCUT2D eigenvalue weighted by molar-refractivity contribution is -0.640. The largest absolute Gasteiger partial charge is 0.345 e. The molecule has 1 spiro atoms. The number of aryl methyl sites for hydroxylation is 1. The summed E-state index contributed by atoms with van der Waals surface area (Å²) < 4.78 is 1.16. The maximum Gasteiger partial charge on any atom is 0.232 e. The van der Waals surface area contributed by atoms with E-state index in [1.165, 1.54) is 48.8 Å². The molecular weight excluding hydrogens is 484 g/mol. The van der Waals surface area contributed by atoms with Gasteiger partial charge in [-0.1, -0.05) is 71.6 Å². The van der Waals surface area contributed by atoms with Crippen LogP contribution in [0.25, 0.3) is 0 Å². The van der Waals surface area contributed by atoms with Crippen molar-refractivity contribution in [1.82, 2.24) is 4.90 Å². The first-order valence-electron chi connectivity index (χ1n) is 13.6. The van der Waals surface area contributed by atoms with Crippen molar-refractivity contribution in [2.45, 2.75) is 75.2 Å². The van der Waals surface area contributed by atoms with Crippen molar-refractivity contribution in [2.75, 3.05) is 19.6 Å². The molecule has 4 heteroatoms. The molecule has 1 amide bonds. The summed E-state index contributed by atoms with van der Waals surface area (Å²) in [5.41, 5.74) is 4.40. The lowest BCUT2D eigenvalue weighted by Crippen LogP contribution is -2.82. The molecule has 1 saturated carbocycles. The van der Waals surface area contributed by atoms with Crippen molar-refractivity contribution in [3.8, 4) is 0 Å². The van der Waals surface area contributed by atoms with Crippen LogP contribution in [0.1, 0.15) is 74.0 Å². The Hall–Kier alpha value is -1.65. The highest BCUT2D eigenvalue weighted by Gasteiger charge is 2.56. The molecule has 180 valence electrons. The van der Waals surface area contributed by atoms with Crippen LogP contribution in [0.5, 0.6) is 0 Å². The summed E-state index contributed by atoms with van der Waals surface area (Å²) in [6, 6.07) is 18.3. The van der Waals surface area contributed by atoms with E-state index in [0.29, 0.717) is 23.8 Å². The quantitative estimate of drug-likeness (QED) is 0.593. The molecule has 2 aromatic rings. The van der Waals surface area contributed by atoms with Crippen molar-refractivity contribution in [2.24, 2.45) is 11.8 Å². The molecule has 2 aliphatic heterocycles. The van der Waals surface area contributed by atoms with E-state index in [4.69, 9.17) is 0 Å². The first-order chi connectivity index (χ1) is 16.7. The van der Waals surface area contributed by atoms with E-state index in [2.05, 4.69) is 74.7 Å². The first-order valence-corrected chi connectivity index (χ1v) is 14.4. The zero-order valence-electron chi connectivity index (χ0n) is 20.2. The van der Waals surface area contributed by atoms with Crippen molar-refractivity contribution >= 4 is 21.8 Å². The van der Waals surface area contributed by atoms with Crippen molar-refractivity contribution in [3.63, 3.8) is 0 Å². The van der Waals surface area contributed by atoms with Crippen LogP contribution < -0.4 is 5.32 Å². The van der Waals surface area contributed by atoms with Crippen LogP contribution >= 0.6 is 15.9 Å². The van der Waals surface area contributed by atoms with E-state index >= 15 is 0 Å². The normalized spacial score (nSPS) is 31.7. The Morgan fingerprint density at radius 2 is 1.85 bits per heavy atom. The number of nitrogens with two attached hydrogens (primary N) is 1. The predicted molar refractivity (Wildman–Crippen MR) is 140 cm³/mol. The Kier molecular flexibility index (Phi) is 6.32. The molecule has 2 aliphatic carbocycles. The van der Waals surface area contributed by atoms with Gasteiger partial charge in [-0.25, -0.2) is 0 Å². The predicted octanol–water partition coefficient (Wildman–Crippen LogP) is 5.18. The first kappa shape index (κ1) is 22.8. The Labute approximate surface area is 212 Å². The lowest BCUT2D eigenvalue weighted by Gasteiger charge is -2.46. The van der Waals surface area contributed by atoms with Gasteiger partial charge in [0.15, 0.2) is 0 Å². The fourth-order valence-electron chi connectivity index (χ4n) is 8.00. The summed E-state index contributed by atoms with van der Waals surface area (Å²) in [5.74, 6) is 1.85.